The van der Waals surface area contributed by atoms with Gasteiger partial charge in [0.15, 0.2) is 0 Å². The van der Waals surface area contributed by atoms with Crippen LogP contribution in [0.15, 0.2) is 0 Å². The molecule has 0 aliphatic rings. The number of hydrogen-bond acceptors (Lipinski definition) is 4. The Hall–Kier alpha value is -1.14. The van der Waals surface area contributed by atoms with Crippen molar-refractivity contribution in [3.8, 4) is 0 Å². The maximum Gasteiger partial charge on any atom is 0.235 e. The van der Waals surface area contributed by atoms with Crippen LogP contribution in [-0.4, -0.2) is 31.4 Å². The lowest BCUT2D eigenvalue weighted by Crippen LogP contribution is -2.40. The monoisotopic (exact) mass is 188 g/mol. The highest BCUT2D eigenvalue weighted by molar-refractivity contribution is 5.78. The SMILES string of the molecule is CCC(=O)NCCNC(=O)CNN. The van der Waals surface area contributed by atoms with E-state index in [0.717, 1.165) is 0 Å². The Kier molecular flexibility index (Phi) is 6.85. The summed E-state index contributed by atoms with van der Waals surface area (Å²) >= 11 is 0. The first-order chi connectivity index (χ1) is 6.20. The van der Waals surface area contributed by atoms with Gasteiger partial charge in [0.05, 0.1) is 6.54 Å². The molecule has 0 aliphatic heterocycles. The molecule has 0 heterocycles. The fourth-order valence-electron chi connectivity index (χ4n) is 0.684. The second-order valence-electron chi connectivity index (χ2n) is 2.43. The van der Waals surface area contributed by atoms with Gasteiger partial charge in [0, 0.05) is 19.5 Å². The predicted octanol–water partition coefficient (Wildman–Crippen LogP) is -1.91. The van der Waals surface area contributed by atoms with E-state index < -0.39 is 0 Å². The summed E-state index contributed by atoms with van der Waals surface area (Å²) in [5.74, 6) is 4.71. The van der Waals surface area contributed by atoms with Crippen molar-refractivity contribution in [3.05, 3.63) is 0 Å². The minimum absolute atomic E-state index is 0.0220. The number of amides is 2. The minimum atomic E-state index is -0.187. The fourth-order valence-corrected chi connectivity index (χ4v) is 0.684. The van der Waals surface area contributed by atoms with Gasteiger partial charge < -0.3 is 10.6 Å². The van der Waals surface area contributed by atoms with Gasteiger partial charge in [0.1, 0.15) is 0 Å². The lowest BCUT2D eigenvalue weighted by atomic mass is 10.4. The lowest BCUT2D eigenvalue weighted by molar-refractivity contribution is -0.122. The summed E-state index contributed by atoms with van der Waals surface area (Å²) in [6.45, 7) is 2.73. The third-order valence-corrected chi connectivity index (χ3v) is 1.35. The zero-order valence-electron chi connectivity index (χ0n) is 7.72. The molecule has 0 rings (SSSR count). The Bertz CT molecular complexity index is 172. The molecule has 0 atom stereocenters. The highest BCUT2D eigenvalue weighted by atomic mass is 16.2. The second-order valence-corrected chi connectivity index (χ2v) is 2.43. The van der Waals surface area contributed by atoms with E-state index >= 15 is 0 Å². The van der Waals surface area contributed by atoms with Gasteiger partial charge in [-0.2, -0.15) is 0 Å². The highest BCUT2D eigenvalue weighted by Gasteiger charge is 1.98. The maximum absolute atomic E-state index is 10.8. The number of nitrogens with one attached hydrogen (secondary N) is 3. The van der Waals surface area contributed by atoms with Crippen molar-refractivity contribution in [3.63, 3.8) is 0 Å². The third-order valence-electron chi connectivity index (χ3n) is 1.35. The summed E-state index contributed by atoms with van der Waals surface area (Å²) in [4.78, 5) is 21.5. The van der Waals surface area contributed by atoms with Gasteiger partial charge in [0.2, 0.25) is 11.8 Å². The van der Waals surface area contributed by atoms with Crippen LogP contribution < -0.4 is 21.9 Å². The summed E-state index contributed by atoms with van der Waals surface area (Å²) in [6.07, 6.45) is 0.457. The molecule has 2 amide bonds. The molecule has 0 aromatic heterocycles. The van der Waals surface area contributed by atoms with Crippen molar-refractivity contribution in [1.82, 2.24) is 16.1 Å². The van der Waals surface area contributed by atoms with Crippen LogP contribution in [0.2, 0.25) is 0 Å². The minimum Gasteiger partial charge on any atom is -0.354 e. The summed E-state index contributed by atoms with van der Waals surface area (Å²) in [5, 5.41) is 5.19. The maximum atomic E-state index is 10.8. The van der Waals surface area contributed by atoms with Gasteiger partial charge in [-0.05, 0) is 0 Å². The predicted molar refractivity (Wildman–Crippen MR) is 48.5 cm³/mol. The van der Waals surface area contributed by atoms with Crippen molar-refractivity contribution < 1.29 is 9.59 Å². The average Bonchev–Trinajstić information content (AvgIpc) is 2.12. The summed E-state index contributed by atoms with van der Waals surface area (Å²) < 4.78 is 0. The van der Waals surface area contributed by atoms with Crippen LogP contribution in [0, 0.1) is 0 Å². The smallest absolute Gasteiger partial charge is 0.235 e. The molecule has 0 unspecified atom stereocenters. The van der Waals surface area contributed by atoms with Crippen LogP contribution in [0.5, 0.6) is 0 Å². The summed E-state index contributed by atoms with van der Waals surface area (Å²) in [7, 11) is 0. The lowest BCUT2D eigenvalue weighted by Gasteiger charge is -2.05. The van der Waals surface area contributed by atoms with E-state index in [0.29, 0.717) is 19.5 Å². The van der Waals surface area contributed by atoms with Crippen molar-refractivity contribution in [1.29, 1.82) is 0 Å². The topological polar surface area (TPSA) is 96.2 Å². The molecule has 0 radical (unpaired) electrons. The number of carbonyl (C=O) groups excluding carboxylic acids is 2. The molecule has 0 aromatic carbocycles. The van der Waals surface area contributed by atoms with Gasteiger partial charge in [0.25, 0.3) is 0 Å². The normalized spacial score (nSPS) is 9.38. The van der Waals surface area contributed by atoms with Gasteiger partial charge in [-0.1, -0.05) is 6.92 Å². The number of hydrogen-bond donors (Lipinski definition) is 4. The van der Waals surface area contributed by atoms with Gasteiger partial charge in [-0.15, -0.1) is 0 Å². The first kappa shape index (κ1) is 11.9. The standard InChI is InChI=1S/C7H16N4O2/c1-2-6(12)9-3-4-10-7(13)5-11-8/h11H,2-5,8H2,1H3,(H,9,12)(H,10,13). The second kappa shape index (κ2) is 7.51. The Morgan fingerprint density at radius 2 is 1.69 bits per heavy atom. The average molecular weight is 188 g/mol. The van der Waals surface area contributed by atoms with Crippen molar-refractivity contribution >= 4 is 11.8 Å². The molecule has 0 bridgehead atoms. The van der Waals surface area contributed by atoms with E-state index in [4.69, 9.17) is 5.84 Å². The molecule has 6 nitrogen and oxygen atoms in total. The van der Waals surface area contributed by atoms with Crippen LogP contribution in [0.1, 0.15) is 13.3 Å². The summed E-state index contributed by atoms with van der Waals surface area (Å²) in [5.41, 5.74) is 2.23. The van der Waals surface area contributed by atoms with Crippen molar-refractivity contribution in [2.45, 2.75) is 13.3 Å². The van der Waals surface area contributed by atoms with Crippen LogP contribution in [0.4, 0.5) is 0 Å². The summed E-state index contributed by atoms with van der Waals surface area (Å²) in [6, 6.07) is 0. The van der Waals surface area contributed by atoms with Gasteiger partial charge in [-0.25, -0.2) is 0 Å². The zero-order valence-corrected chi connectivity index (χ0v) is 7.72. The molecule has 0 aliphatic carbocycles. The number of hydrazine groups is 1. The molecular formula is C7H16N4O2. The Morgan fingerprint density at radius 3 is 2.15 bits per heavy atom. The van der Waals surface area contributed by atoms with Gasteiger partial charge in [-0.3, -0.25) is 20.9 Å². The largest absolute Gasteiger partial charge is 0.354 e. The van der Waals surface area contributed by atoms with E-state index in [1.807, 2.05) is 0 Å². The van der Waals surface area contributed by atoms with Crippen LogP contribution in [0.3, 0.4) is 0 Å². The Morgan fingerprint density at radius 1 is 1.15 bits per heavy atom. The van der Waals surface area contributed by atoms with Crippen LogP contribution >= 0.6 is 0 Å². The molecule has 6 heteroatoms. The molecule has 0 fully saturated rings. The first-order valence-electron chi connectivity index (χ1n) is 4.17. The van der Waals surface area contributed by atoms with Gasteiger partial charge >= 0.3 is 0 Å². The molecule has 0 saturated heterocycles. The number of carbonyl (C=O) groups is 2. The molecule has 76 valence electrons. The molecule has 13 heavy (non-hydrogen) atoms. The molecular weight excluding hydrogens is 172 g/mol. The Labute approximate surface area is 77.2 Å². The zero-order chi connectivity index (χ0) is 10.1. The van der Waals surface area contributed by atoms with Crippen LogP contribution in [0.25, 0.3) is 0 Å². The third kappa shape index (κ3) is 7.23. The molecule has 0 saturated carbocycles. The van der Waals surface area contributed by atoms with E-state index in [1.54, 1.807) is 6.92 Å². The number of rotatable bonds is 6. The number of nitrogens with two attached hydrogens (primary N) is 1. The Balaban J connectivity index is 3.25. The molecule has 5 N–H and O–H groups in total. The fraction of sp³-hybridized carbons (Fsp3) is 0.714. The first-order valence-corrected chi connectivity index (χ1v) is 4.17. The molecule has 0 spiro atoms. The van der Waals surface area contributed by atoms with E-state index in [-0.39, 0.29) is 18.4 Å². The van der Waals surface area contributed by atoms with Crippen molar-refractivity contribution in [2.24, 2.45) is 5.84 Å². The van der Waals surface area contributed by atoms with E-state index in [9.17, 15) is 9.59 Å². The van der Waals surface area contributed by atoms with E-state index in [1.165, 1.54) is 0 Å². The van der Waals surface area contributed by atoms with Crippen molar-refractivity contribution in [2.75, 3.05) is 19.6 Å². The highest BCUT2D eigenvalue weighted by Crippen LogP contribution is 1.72. The molecule has 0 aromatic rings. The quantitative estimate of drug-likeness (QED) is 0.222. The van der Waals surface area contributed by atoms with Crippen LogP contribution in [-0.2, 0) is 9.59 Å². The van der Waals surface area contributed by atoms with E-state index in [2.05, 4.69) is 16.1 Å².